The Kier molecular flexibility index (Phi) is 2.64. The van der Waals surface area contributed by atoms with E-state index in [2.05, 4.69) is 10.4 Å². The average Bonchev–Trinajstić information content (AvgIpc) is 2.59. The summed E-state index contributed by atoms with van der Waals surface area (Å²) in [4.78, 5) is 24.8. The van der Waals surface area contributed by atoms with Crippen LogP contribution >= 0.6 is 0 Å². The predicted octanol–water partition coefficient (Wildman–Crippen LogP) is -0.699. The van der Waals surface area contributed by atoms with E-state index in [9.17, 15) is 9.59 Å². The molecular formula is C10H14N4O2. The minimum Gasteiger partial charge on any atom is -0.353 e. The summed E-state index contributed by atoms with van der Waals surface area (Å²) in [6.07, 6.45) is 1.55. The Bertz CT molecular complexity index is 438. The third-order valence-corrected chi connectivity index (χ3v) is 2.79. The number of nitrogens with one attached hydrogen (secondary N) is 1. The molecule has 1 aliphatic heterocycles. The van der Waals surface area contributed by atoms with Gasteiger partial charge in [0, 0.05) is 25.8 Å². The molecule has 1 aromatic heterocycles. The molecule has 1 aliphatic rings. The van der Waals surface area contributed by atoms with Gasteiger partial charge >= 0.3 is 0 Å². The van der Waals surface area contributed by atoms with Crippen LogP contribution in [0.25, 0.3) is 0 Å². The van der Waals surface area contributed by atoms with Crippen LogP contribution in [-0.2, 0) is 11.8 Å². The molecule has 2 rings (SSSR count). The van der Waals surface area contributed by atoms with Crippen molar-refractivity contribution in [1.82, 2.24) is 20.0 Å². The average molecular weight is 222 g/mol. The highest BCUT2D eigenvalue weighted by Crippen LogP contribution is 2.10. The van der Waals surface area contributed by atoms with Gasteiger partial charge in [0.05, 0.1) is 18.3 Å². The number of rotatable bonds is 1. The van der Waals surface area contributed by atoms with Gasteiger partial charge in [-0.15, -0.1) is 0 Å². The van der Waals surface area contributed by atoms with E-state index in [1.54, 1.807) is 22.8 Å². The fourth-order valence-corrected chi connectivity index (χ4v) is 1.69. The quantitative estimate of drug-likeness (QED) is 0.683. The minimum atomic E-state index is -0.125. The maximum Gasteiger partial charge on any atom is 0.257 e. The standard InChI is InChI=1S/C10H14N4O2/c1-7-8(5-12-13(7)2)10(16)14-4-3-11-9(15)6-14/h5H,3-4,6H2,1-2H3,(H,11,15). The number of nitrogens with zero attached hydrogens (tertiary/aromatic N) is 3. The molecule has 86 valence electrons. The van der Waals surface area contributed by atoms with Gasteiger partial charge in [-0.25, -0.2) is 0 Å². The molecule has 0 aliphatic carbocycles. The molecule has 0 atom stereocenters. The van der Waals surface area contributed by atoms with Crippen molar-refractivity contribution in [2.75, 3.05) is 19.6 Å². The van der Waals surface area contributed by atoms with Crippen LogP contribution in [0, 0.1) is 6.92 Å². The first-order chi connectivity index (χ1) is 7.59. The number of aryl methyl sites for hydroxylation is 1. The zero-order valence-corrected chi connectivity index (χ0v) is 9.36. The second kappa shape index (κ2) is 3.96. The van der Waals surface area contributed by atoms with Crippen LogP contribution in [0.2, 0.25) is 0 Å². The molecule has 1 saturated heterocycles. The number of carbonyl (C=O) groups is 2. The molecule has 1 aromatic rings. The lowest BCUT2D eigenvalue weighted by atomic mass is 10.2. The molecular weight excluding hydrogens is 208 g/mol. The molecule has 16 heavy (non-hydrogen) atoms. The molecule has 1 fully saturated rings. The highest BCUT2D eigenvalue weighted by Gasteiger charge is 2.24. The van der Waals surface area contributed by atoms with E-state index in [4.69, 9.17) is 0 Å². The van der Waals surface area contributed by atoms with Gasteiger partial charge in [-0.2, -0.15) is 5.10 Å². The van der Waals surface area contributed by atoms with Gasteiger partial charge in [-0.05, 0) is 6.92 Å². The first kappa shape index (κ1) is 10.7. The van der Waals surface area contributed by atoms with Crippen LogP contribution in [0.15, 0.2) is 6.20 Å². The zero-order valence-electron chi connectivity index (χ0n) is 9.36. The molecule has 6 heteroatoms. The molecule has 0 radical (unpaired) electrons. The Morgan fingerprint density at radius 1 is 1.56 bits per heavy atom. The molecule has 0 spiro atoms. The lowest BCUT2D eigenvalue weighted by Gasteiger charge is -2.26. The third kappa shape index (κ3) is 1.78. The van der Waals surface area contributed by atoms with Crippen molar-refractivity contribution >= 4 is 11.8 Å². The summed E-state index contributed by atoms with van der Waals surface area (Å²) < 4.78 is 1.65. The number of hydrogen-bond acceptors (Lipinski definition) is 3. The fraction of sp³-hybridized carbons (Fsp3) is 0.500. The Morgan fingerprint density at radius 3 is 2.88 bits per heavy atom. The van der Waals surface area contributed by atoms with Crippen LogP contribution in [-0.4, -0.2) is 46.1 Å². The van der Waals surface area contributed by atoms with Crippen molar-refractivity contribution in [2.45, 2.75) is 6.92 Å². The smallest absolute Gasteiger partial charge is 0.257 e. The maximum absolute atomic E-state index is 12.1. The zero-order chi connectivity index (χ0) is 11.7. The van der Waals surface area contributed by atoms with Crippen molar-refractivity contribution in [3.8, 4) is 0 Å². The van der Waals surface area contributed by atoms with Crippen LogP contribution in [0.5, 0.6) is 0 Å². The van der Waals surface area contributed by atoms with Gasteiger partial charge in [0.2, 0.25) is 5.91 Å². The summed E-state index contributed by atoms with van der Waals surface area (Å²) in [5.41, 5.74) is 1.38. The van der Waals surface area contributed by atoms with Gasteiger partial charge in [0.15, 0.2) is 0 Å². The van der Waals surface area contributed by atoms with Gasteiger partial charge in [-0.1, -0.05) is 0 Å². The lowest BCUT2D eigenvalue weighted by molar-refractivity contribution is -0.123. The Hall–Kier alpha value is -1.85. The highest BCUT2D eigenvalue weighted by molar-refractivity contribution is 5.97. The molecule has 1 N–H and O–H groups in total. The van der Waals surface area contributed by atoms with E-state index in [0.29, 0.717) is 18.7 Å². The van der Waals surface area contributed by atoms with Gasteiger partial charge in [0.1, 0.15) is 0 Å². The molecule has 0 bridgehead atoms. The number of aromatic nitrogens is 2. The monoisotopic (exact) mass is 222 g/mol. The van der Waals surface area contributed by atoms with E-state index in [1.807, 2.05) is 6.92 Å². The Morgan fingerprint density at radius 2 is 2.31 bits per heavy atom. The summed E-state index contributed by atoms with van der Waals surface area (Å²) in [6, 6.07) is 0. The van der Waals surface area contributed by atoms with E-state index in [1.165, 1.54) is 0 Å². The lowest BCUT2D eigenvalue weighted by Crippen LogP contribution is -2.50. The first-order valence-electron chi connectivity index (χ1n) is 5.14. The van der Waals surface area contributed by atoms with Gasteiger partial charge in [0.25, 0.3) is 5.91 Å². The first-order valence-corrected chi connectivity index (χ1v) is 5.14. The molecule has 0 aromatic carbocycles. The largest absolute Gasteiger partial charge is 0.353 e. The number of hydrogen-bond donors (Lipinski definition) is 1. The highest BCUT2D eigenvalue weighted by atomic mass is 16.2. The summed E-state index contributed by atoms with van der Waals surface area (Å²) in [7, 11) is 1.79. The van der Waals surface area contributed by atoms with Crippen LogP contribution < -0.4 is 5.32 Å². The molecule has 2 heterocycles. The van der Waals surface area contributed by atoms with Gasteiger partial charge in [-0.3, -0.25) is 14.3 Å². The van der Waals surface area contributed by atoms with E-state index in [0.717, 1.165) is 5.69 Å². The van der Waals surface area contributed by atoms with Crippen molar-refractivity contribution in [2.24, 2.45) is 7.05 Å². The van der Waals surface area contributed by atoms with Crippen molar-refractivity contribution in [1.29, 1.82) is 0 Å². The SMILES string of the molecule is Cc1c(C(=O)N2CCNC(=O)C2)cnn1C. The second-order valence-corrected chi connectivity index (χ2v) is 3.84. The van der Waals surface area contributed by atoms with Crippen molar-refractivity contribution in [3.05, 3.63) is 17.5 Å². The second-order valence-electron chi connectivity index (χ2n) is 3.84. The molecule has 0 saturated carbocycles. The maximum atomic E-state index is 12.1. The van der Waals surface area contributed by atoms with E-state index >= 15 is 0 Å². The third-order valence-electron chi connectivity index (χ3n) is 2.79. The van der Waals surface area contributed by atoms with Gasteiger partial charge < -0.3 is 10.2 Å². The number of piperazine rings is 1. The molecule has 2 amide bonds. The van der Waals surface area contributed by atoms with Crippen LogP contribution in [0.1, 0.15) is 16.1 Å². The van der Waals surface area contributed by atoms with Crippen molar-refractivity contribution in [3.63, 3.8) is 0 Å². The topological polar surface area (TPSA) is 67.2 Å². The number of amides is 2. The molecule has 6 nitrogen and oxygen atoms in total. The van der Waals surface area contributed by atoms with E-state index < -0.39 is 0 Å². The summed E-state index contributed by atoms with van der Waals surface area (Å²) in [6.45, 7) is 3.04. The number of carbonyl (C=O) groups excluding carboxylic acids is 2. The van der Waals surface area contributed by atoms with E-state index in [-0.39, 0.29) is 18.4 Å². The van der Waals surface area contributed by atoms with Crippen LogP contribution in [0.4, 0.5) is 0 Å². The predicted molar refractivity (Wildman–Crippen MR) is 56.9 cm³/mol. The summed E-state index contributed by atoms with van der Waals surface area (Å²) in [5.74, 6) is -0.235. The van der Waals surface area contributed by atoms with Crippen molar-refractivity contribution < 1.29 is 9.59 Å². The fourth-order valence-electron chi connectivity index (χ4n) is 1.69. The summed E-state index contributed by atoms with van der Waals surface area (Å²) in [5, 5.41) is 6.70. The molecule has 0 unspecified atom stereocenters. The minimum absolute atomic E-state index is 0.110. The summed E-state index contributed by atoms with van der Waals surface area (Å²) >= 11 is 0. The Labute approximate surface area is 93.2 Å². The normalized spacial score (nSPS) is 16.1. The Balaban J connectivity index is 2.18. The van der Waals surface area contributed by atoms with Crippen LogP contribution in [0.3, 0.4) is 0 Å².